The topological polar surface area (TPSA) is 37.4 Å². The second-order valence-electron chi connectivity index (χ2n) is 4.79. The summed E-state index contributed by atoms with van der Waals surface area (Å²) in [4.78, 5) is 0.339. The van der Waals surface area contributed by atoms with Gasteiger partial charge >= 0.3 is 0 Å². The fourth-order valence-corrected chi connectivity index (χ4v) is 2.83. The molecule has 110 valence electrons. The summed E-state index contributed by atoms with van der Waals surface area (Å²) in [5.41, 5.74) is 1.05. The van der Waals surface area contributed by atoms with E-state index in [-0.39, 0.29) is 0 Å². The number of allylic oxidation sites excluding steroid dienone is 2. The number of unbranched alkanes of at least 4 members (excludes halogenated alkanes) is 2. The normalized spacial score (nSPS) is 12.2. The molecule has 0 bridgehead atoms. The number of nitrogens with zero attached hydrogens (tertiary/aromatic N) is 1. The number of benzene rings is 1. The third-order valence-corrected chi connectivity index (χ3v) is 4.87. The van der Waals surface area contributed by atoms with Crippen LogP contribution in [0.3, 0.4) is 0 Å². The summed E-state index contributed by atoms with van der Waals surface area (Å²) < 4.78 is 25.9. The van der Waals surface area contributed by atoms with Crippen molar-refractivity contribution in [3.05, 3.63) is 54.6 Å². The van der Waals surface area contributed by atoms with Gasteiger partial charge in [0.05, 0.1) is 4.90 Å². The zero-order valence-electron chi connectivity index (χ0n) is 12.2. The van der Waals surface area contributed by atoms with Crippen molar-refractivity contribution >= 4 is 10.0 Å². The fourth-order valence-electron chi connectivity index (χ4n) is 1.71. The summed E-state index contributed by atoms with van der Waals surface area (Å²) in [6.45, 7) is 6.00. The van der Waals surface area contributed by atoms with E-state index in [0.717, 1.165) is 24.8 Å². The Hall–Kier alpha value is -1.39. The van der Waals surface area contributed by atoms with E-state index < -0.39 is 10.0 Å². The lowest BCUT2D eigenvalue weighted by molar-refractivity contribution is 0.499. The molecule has 0 aliphatic heterocycles. The quantitative estimate of drug-likeness (QED) is 0.543. The molecular formula is C16H23NO2S. The van der Waals surface area contributed by atoms with Gasteiger partial charge in [-0.25, -0.2) is 8.42 Å². The van der Waals surface area contributed by atoms with Crippen molar-refractivity contribution in [1.29, 1.82) is 0 Å². The van der Waals surface area contributed by atoms with Crippen LogP contribution in [0.4, 0.5) is 0 Å². The van der Waals surface area contributed by atoms with Gasteiger partial charge in [-0.2, -0.15) is 4.31 Å². The van der Waals surface area contributed by atoms with Gasteiger partial charge in [-0.15, -0.1) is 6.58 Å². The Morgan fingerprint density at radius 3 is 2.40 bits per heavy atom. The fraction of sp³-hybridized carbons (Fsp3) is 0.375. The number of hydrogen-bond acceptors (Lipinski definition) is 2. The SMILES string of the molecule is C=CCCCC=CCN(C)S(=O)(=O)c1ccc(C)cc1. The molecular weight excluding hydrogens is 270 g/mol. The molecule has 0 spiro atoms. The molecule has 0 N–H and O–H groups in total. The van der Waals surface area contributed by atoms with Gasteiger partial charge in [0, 0.05) is 13.6 Å². The van der Waals surface area contributed by atoms with Gasteiger partial charge in [0.15, 0.2) is 0 Å². The summed E-state index contributed by atoms with van der Waals surface area (Å²) in [6.07, 6.45) is 8.79. The highest BCUT2D eigenvalue weighted by atomic mass is 32.2. The average Bonchev–Trinajstić information content (AvgIpc) is 2.43. The third-order valence-electron chi connectivity index (χ3n) is 3.04. The third kappa shape index (κ3) is 4.94. The summed E-state index contributed by atoms with van der Waals surface area (Å²) in [5, 5.41) is 0. The first kappa shape index (κ1) is 16.7. The predicted octanol–water partition coefficient (Wildman–Crippen LogP) is 3.53. The maximum Gasteiger partial charge on any atom is 0.243 e. The summed E-state index contributed by atoms with van der Waals surface area (Å²) in [7, 11) is -1.79. The lowest BCUT2D eigenvalue weighted by Gasteiger charge is -2.15. The molecule has 1 aromatic carbocycles. The van der Waals surface area contributed by atoms with Crippen molar-refractivity contribution in [1.82, 2.24) is 4.31 Å². The molecule has 0 aliphatic carbocycles. The first-order valence-electron chi connectivity index (χ1n) is 6.77. The van der Waals surface area contributed by atoms with Crippen LogP contribution >= 0.6 is 0 Å². The maximum absolute atomic E-state index is 12.3. The van der Waals surface area contributed by atoms with Crippen molar-refractivity contribution in [2.24, 2.45) is 0 Å². The monoisotopic (exact) mass is 293 g/mol. The van der Waals surface area contributed by atoms with Gasteiger partial charge in [-0.3, -0.25) is 0 Å². The van der Waals surface area contributed by atoms with E-state index in [1.165, 1.54) is 4.31 Å². The standard InChI is InChI=1S/C16H23NO2S/c1-4-5-6-7-8-9-14-17(3)20(18,19)16-12-10-15(2)11-13-16/h4,8-13H,1,5-7,14H2,2-3H3. The largest absolute Gasteiger partial charge is 0.243 e. The van der Waals surface area contributed by atoms with Crippen LogP contribution in [0.2, 0.25) is 0 Å². The van der Waals surface area contributed by atoms with Gasteiger partial charge in [0.2, 0.25) is 10.0 Å². The van der Waals surface area contributed by atoms with Crippen molar-refractivity contribution in [2.45, 2.75) is 31.1 Å². The molecule has 0 saturated carbocycles. The molecule has 1 aromatic rings. The van der Waals surface area contributed by atoms with Crippen molar-refractivity contribution in [2.75, 3.05) is 13.6 Å². The molecule has 0 atom stereocenters. The van der Waals surface area contributed by atoms with Crippen LogP contribution in [0.25, 0.3) is 0 Å². The molecule has 3 nitrogen and oxygen atoms in total. The number of hydrogen-bond donors (Lipinski definition) is 0. The Morgan fingerprint density at radius 1 is 1.15 bits per heavy atom. The Morgan fingerprint density at radius 2 is 1.80 bits per heavy atom. The number of sulfonamides is 1. The molecule has 0 fully saturated rings. The van der Waals surface area contributed by atoms with E-state index in [1.807, 2.05) is 37.3 Å². The van der Waals surface area contributed by atoms with Crippen LogP contribution in [-0.4, -0.2) is 26.3 Å². The van der Waals surface area contributed by atoms with E-state index in [2.05, 4.69) is 6.58 Å². The van der Waals surface area contributed by atoms with E-state index in [0.29, 0.717) is 11.4 Å². The van der Waals surface area contributed by atoms with E-state index >= 15 is 0 Å². The average molecular weight is 293 g/mol. The molecule has 0 aromatic heterocycles. The molecule has 0 unspecified atom stereocenters. The predicted molar refractivity (Wildman–Crippen MR) is 84.2 cm³/mol. The van der Waals surface area contributed by atoms with Crippen LogP contribution in [0, 0.1) is 6.92 Å². The molecule has 0 heterocycles. The van der Waals surface area contributed by atoms with Crippen LogP contribution in [0.1, 0.15) is 24.8 Å². The van der Waals surface area contributed by atoms with Crippen molar-refractivity contribution in [3.8, 4) is 0 Å². The zero-order chi connectivity index (χ0) is 15.0. The van der Waals surface area contributed by atoms with Crippen LogP contribution in [-0.2, 0) is 10.0 Å². The molecule has 0 saturated heterocycles. The first-order valence-corrected chi connectivity index (χ1v) is 8.21. The molecule has 0 amide bonds. The number of rotatable bonds is 8. The smallest absolute Gasteiger partial charge is 0.207 e. The summed E-state index contributed by atoms with van der Waals surface area (Å²) in [6, 6.07) is 6.92. The van der Waals surface area contributed by atoms with Gasteiger partial charge in [0.25, 0.3) is 0 Å². The summed E-state index contributed by atoms with van der Waals surface area (Å²) >= 11 is 0. The second-order valence-corrected chi connectivity index (χ2v) is 6.83. The highest BCUT2D eigenvalue weighted by Gasteiger charge is 2.18. The van der Waals surface area contributed by atoms with E-state index in [4.69, 9.17) is 0 Å². The highest BCUT2D eigenvalue weighted by molar-refractivity contribution is 7.89. The van der Waals surface area contributed by atoms with Gasteiger partial charge in [0.1, 0.15) is 0 Å². The second kappa shape index (κ2) is 8.02. The Bertz CT molecular complexity index is 544. The van der Waals surface area contributed by atoms with Crippen LogP contribution < -0.4 is 0 Å². The Labute approximate surface area is 122 Å². The van der Waals surface area contributed by atoms with Gasteiger partial charge < -0.3 is 0 Å². The maximum atomic E-state index is 12.3. The molecule has 0 radical (unpaired) electrons. The Balaban J connectivity index is 2.59. The lowest BCUT2D eigenvalue weighted by atomic mass is 10.2. The lowest BCUT2D eigenvalue weighted by Crippen LogP contribution is -2.27. The minimum Gasteiger partial charge on any atom is -0.207 e. The van der Waals surface area contributed by atoms with Gasteiger partial charge in [-0.1, -0.05) is 35.9 Å². The first-order chi connectivity index (χ1) is 9.48. The molecule has 0 aliphatic rings. The highest BCUT2D eigenvalue weighted by Crippen LogP contribution is 2.14. The van der Waals surface area contributed by atoms with Crippen molar-refractivity contribution < 1.29 is 8.42 Å². The van der Waals surface area contributed by atoms with Crippen molar-refractivity contribution in [3.63, 3.8) is 0 Å². The van der Waals surface area contributed by atoms with E-state index in [9.17, 15) is 8.42 Å². The van der Waals surface area contributed by atoms with Gasteiger partial charge in [-0.05, 0) is 38.3 Å². The molecule has 4 heteroatoms. The van der Waals surface area contributed by atoms with Crippen LogP contribution in [0.15, 0.2) is 54.0 Å². The van der Waals surface area contributed by atoms with Crippen LogP contribution in [0.5, 0.6) is 0 Å². The Kier molecular flexibility index (Phi) is 6.68. The zero-order valence-corrected chi connectivity index (χ0v) is 13.1. The molecule has 1 rings (SSSR count). The number of likely N-dealkylation sites (N-methyl/N-ethyl adjacent to an activating group) is 1. The minimum atomic E-state index is -3.39. The molecule has 20 heavy (non-hydrogen) atoms. The minimum absolute atomic E-state index is 0.339. The number of aryl methyl sites for hydroxylation is 1. The summed E-state index contributed by atoms with van der Waals surface area (Å²) in [5.74, 6) is 0. The van der Waals surface area contributed by atoms with E-state index in [1.54, 1.807) is 19.2 Å².